The Bertz CT molecular complexity index is 1440. The number of nitrogens with zero attached hydrogens (tertiary/aromatic N) is 4. The molecule has 0 aliphatic heterocycles. The molecule has 3 heterocycles. The fourth-order valence-corrected chi connectivity index (χ4v) is 3.57. The number of nitrogens with one attached hydrogen (secondary N) is 1. The molecular formula is C17H9ClF5N5O3S. The van der Waals surface area contributed by atoms with E-state index in [2.05, 4.69) is 15.1 Å². The number of hydrogen-bond acceptors (Lipinski definition) is 6. The van der Waals surface area contributed by atoms with Crippen LogP contribution in [0.15, 0.2) is 35.1 Å². The van der Waals surface area contributed by atoms with Crippen LogP contribution >= 0.6 is 11.6 Å². The minimum atomic E-state index is -4.63. The minimum absolute atomic E-state index is 0.0114. The second-order valence-corrected chi connectivity index (χ2v) is 8.70. The summed E-state index contributed by atoms with van der Waals surface area (Å²) in [5.74, 6) is -2.98. The highest BCUT2D eigenvalue weighted by Gasteiger charge is 2.32. The smallest absolute Gasteiger partial charge is 0.332 e. The van der Waals surface area contributed by atoms with Crippen LogP contribution < -0.4 is 4.72 Å². The molecule has 0 bridgehead atoms. The van der Waals surface area contributed by atoms with Gasteiger partial charge in [0, 0.05) is 18.0 Å². The number of rotatable bonds is 4. The molecule has 4 rings (SSSR count). The van der Waals surface area contributed by atoms with E-state index in [9.17, 15) is 30.4 Å². The highest BCUT2D eigenvalue weighted by atomic mass is 35.5. The van der Waals surface area contributed by atoms with Gasteiger partial charge in [-0.25, -0.2) is 22.2 Å². The van der Waals surface area contributed by atoms with E-state index in [1.807, 2.05) is 0 Å². The Kier molecular flexibility index (Phi) is 5.08. The summed E-state index contributed by atoms with van der Waals surface area (Å²) >= 11 is 5.88. The van der Waals surface area contributed by atoms with Gasteiger partial charge in [0.15, 0.2) is 17.3 Å². The molecule has 0 aliphatic carbocycles. The Morgan fingerprint density at radius 2 is 1.75 bits per heavy atom. The molecule has 168 valence electrons. The Labute approximate surface area is 180 Å². The molecule has 0 amide bonds. The molecule has 0 spiro atoms. The van der Waals surface area contributed by atoms with Crippen molar-refractivity contribution in [3.8, 4) is 23.0 Å². The molecule has 8 nitrogen and oxygen atoms in total. The zero-order valence-electron chi connectivity index (χ0n) is 15.6. The number of benzene rings is 1. The number of fused-ring (bicyclic) bond motifs is 1. The molecule has 15 heteroatoms. The van der Waals surface area contributed by atoms with E-state index in [1.54, 1.807) is 4.72 Å². The number of imidazole rings is 1. The van der Waals surface area contributed by atoms with Crippen molar-refractivity contribution >= 4 is 33.0 Å². The molecule has 1 aromatic carbocycles. The van der Waals surface area contributed by atoms with E-state index in [0.717, 1.165) is 35.2 Å². The summed E-state index contributed by atoms with van der Waals surface area (Å²) in [6, 6.07) is 2.27. The van der Waals surface area contributed by atoms with E-state index < -0.39 is 39.1 Å². The maximum atomic E-state index is 14.2. The van der Waals surface area contributed by atoms with Crippen LogP contribution in [0.5, 0.6) is 0 Å². The van der Waals surface area contributed by atoms with Gasteiger partial charge in [-0.1, -0.05) is 16.8 Å². The summed E-state index contributed by atoms with van der Waals surface area (Å²) in [7, 11) is -3.93. The third-order valence-electron chi connectivity index (χ3n) is 4.07. The Morgan fingerprint density at radius 1 is 1.09 bits per heavy atom. The predicted molar refractivity (Wildman–Crippen MR) is 102 cm³/mol. The van der Waals surface area contributed by atoms with Crippen LogP contribution in [-0.2, 0) is 16.2 Å². The number of aromatic nitrogens is 4. The molecule has 0 atom stereocenters. The highest BCUT2D eigenvalue weighted by Crippen LogP contribution is 2.33. The minimum Gasteiger partial charge on any atom is -0.332 e. The lowest BCUT2D eigenvalue weighted by Crippen LogP contribution is -2.12. The Hall–Kier alpha value is -3.26. The van der Waals surface area contributed by atoms with E-state index >= 15 is 0 Å². The Balaban J connectivity index is 1.72. The second kappa shape index (κ2) is 7.41. The van der Waals surface area contributed by atoms with Gasteiger partial charge in [0.1, 0.15) is 11.4 Å². The number of sulfonamides is 1. The van der Waals surface area contributed by atoms with Gasteiger partial charge in [-0.3, -0.25) is 4.72 Å². The number of pyridine rings is 1. The van der Waals surface area contributed by atoms with Crippen molar-refractivity contribution in [1.29, 1.82) is 0 Å². The third-order valence-corrected chi connectivity index (χ3v) is 4.92. The maximum absolute atomic E-state index is 14.2. The summed E-state index contributed by atoms with van der Waals surface area (Å²) in [6.07, 6.45) is -1.97. The first-order chi connectivity index (χ1) is 14.8. The summed E-state index contributed by atoms with van der Waals surface area (Å²) in [4.78, 5) is 7.99. The predicted octanol–water partition coefficient (Wildman–Crippen LogP) is 4.37. The molecule has 0 unspecified atom stereocenters. The van der Waals surface area contributed by atoms with Crippen LogP contribution in [0.2, 0.25) is 5.02 Å². The number of anilines is 1. The highest BCUT2D eigenvalue weighted by molar-refractivity contribution is 7.92. The van der Waals surface area contributed by atoms with Gasteiger partial charge in [0.05, 0.1) is 16.8 Å². The van der Waals surface area contributed by atoms with Crippen LogP contribution in [0.3, 0.4) is 0 Å². The fourth-order valence-electron chi connectivity index (χ4n) is 2.74. The molecule has 0 aliphatic rings. The van der Waals surface area contributed by atoms with Crippen molar-refractivity contribution < 1.29 is 34.9 Å². The first-order valence-electron chi connectivity index (χ1n) is 8.38. The first-order valence-corrected chi connectivity index (χ1v) is 10.7. The van der Waals surface area contributed by atoms with Crippen molar-refractivity contribution in [2.45, 2.75) is 6.18 Å². The van der Waals surface area contributed by atoms with E-state index in [1.165, 1.54) is 0 Å². The zero-order chi connectivity index (χ0) is 23.4. The molecular weight excluding hydrogens is 485 g/mol. The van der Waals surface area contributed by atoms with Crippen molar-refractivity contribution in [2.24, 2.45) is 0 Å². The van der Waals surface area contributed by atoms with Gasteiger partial charge in [0.2, 0.25) is 15.8 Å². The second-order valence-electron chi connectivity index (χ2n) is 6.54. The molecule has 3 aromatic heterocycles. The third kappa shape index (κ3) is 4.23. The van der Waals surface area contributed by atoms with Crippen LogP contribution in [0.1, 0.15) is 5.56 Å². The van der Waals surface area contributed by atoms with Crippen molar-refractivity contribution in [2.75, 3.05) is 11.0 Å². The number of alkyl halides is 3. The lowest BCUT2D eigenvalue weighted by atomic mass is 10.2. The largest absolute Gasteiger partial charge is 0.417 e. The maximum Gasteiger partial charge on any atom is 0.417 e. The van der Waals surface area contributed by atoms with E-state index in [0.29, 0.717) is 6.07 Å². The number of halogens is 6. The van der Waals surface area contributed by atoms with Crippen molar-refractivity contribution in [3.63, 3.8) is 0 Å². The summed E-state index contributed by atoms with van der Waals surface area (Å²) in [5, 5.41) is 3.30. The van der Waals surface area contributed by atoms with E-state index in [-0.39, 0.29) is 33.6 Å². The number of hydrogen-bond donors (Lipinski definition) is 1. The SMILES string of the molecule is CS(=O)(=O)Nc1c(F)cc(-c2noc(-c3cn4cc(C(F)(F)F)cc(Cl)c4n3)n2)cc1F. The topological polar surface area (TPSA) is 102 Å². The summed E-state index contributed by atoms with van der Waals surface area (Å²) in [6.45, 7) is 0. The van der Waals surface area contributed by atoms with Gasteiger partial charge in [-0.15, -0.1) is 0 Å². The fraction of sp³-hybridized carbons (Fsp3) is 0.118. The van der Waals surface area contributed by atoms with Gasteiger partial charge >= 0.3 is 6.18 Å². The van der Waals surface area contributed by atoms with Gasteiger partial charge < -0.3 is 8.92 Å². The summed E-state index contributed by atoms with van der Waals surface area (Å²) in [5.41, 5.74) is -2.12. The molecule has 4 aromatic rings. The normalized spacial score (nSPS) is 12.5. The average molecular weight is 494 g/mol. The lowest BCUT2D eigenvalue weighted by Gasteiger charge is -2.07. The van der Waals surface area contributed by atoms with Crippen LogP contribution in [-0.4, -0.2) is 34.2 Å². The van der Waals surface area contributed by atoms with Crippen LogP contribution in [0.4, 0.5) is 27.6 Å². The average Bonchev–Trinajstić information content (AvgIpc) is 3.30. The molecule has 0 saturated carbocycles. The van der Waals surface area contributed by atoms with Crippen molar-refractivity contribution in [3.05, 3.63) is 52.8 Å². The molecule has 0 saturated heterocycles. The molecule has 0 fully saturated rings. The van der Waals surface area contributed by atoms with Crippen molar-refractivity contribution in [1.82, 2.24) is 19.5 Å². The summed E-state index contributed by atoms with van der Waals surface area (Å²) < 4.78 is 97.5. The standard InChI is InChI=1S/C17H9ClF5N5O3S/c1-32(29,30)27-13-10(19)2-7(3-11(13)20)14-25-16(31-26-14)12-6-28-5-8(17(21,22)23)4-9(18)15(28)24-12/h2-6,27H,1H3. The van der Waals surface area contributed by atoms with Gasteiger partial charge in [0.25, 0.3) is 5.89 Å². The molecule has 32 heavy (non-hydrogen) atoms. The monoisotopic (exact) mass is 493 g/mol. The van der Waals surface area contributed by atoms with Crippen LogP contribution in [0.25, 0.3) is 28.6 Å². The molecule has 0 radical (unpaired) electrons. The molecule has 1 N–H and O–H groups in total. The zero-order valence-corrected chi connectivity index (χ0v) is 17.1. The van der Waals surface area contributed by atoms with Crippen LogP contribution in [0, 0.1) is 11.6 Å². The lowest BCUT2D eigenvalue weighted by molar-refractivity contribution is -0.137. The first kappa shape index (κ1) is 22.0. The van der Waals surface area contributed by atoms with E-state index in [4.69, 9.17) is 16.1 Å². The quantitative estimate of drug-likeness (QED) is 0.423. The van der Waals surface area contributed by atoms with Gasteiger partial charge in [-0.2, -0.15) is 18.2 Å². The van der Waals surface area contributed by atoms with Gasteiger partial charge in [-0.05, 0) is 18.2 Å². The Morgan fingerprint density at radius 3 is 2.34 bits per heavy atom.